The second kappa shape index (κ2) is 8.67. The molecule has 1 aromatic carbocycles. The number of rotatable bonds is 4. The molecule has 8 heteroatoms. The number of carbonyl (C=O) groups is 1. The van der Waals surface area contributed by atoms with E-state index >= 15 is 0 Å². The van der Waals surface area contributed by atoms with Crippen LogP contribution in [0.25, 0.3) is 11.1 Å². The minimum atomic E-state index is -0.117. The van der Waals surface area contributed by atoms with Crippen molar-refractivity contribution in [3.8, 4) is 11.1 Å². The highest BCUT2D eigenvalue weighted by Gasteiger charge is 2.31. The van der Waals surface area contributed by atoms with Gasteiger partial charge in [0.25, 0.3) is 5.91 Å². The van der Waals surface area contributed by atoms with Gasteiger partial charge in [-0.1, -0.05) is 23.7 Å². The van der Waals surface area contributed by atoms with Gasteiger partial charge < -0.3 is 14.2 Å². The summed E-state index contributed by atoms with van der Waals surface area (Å²) in [4.78, 5) is 30.5. The fourth-order valence-electron chi connectivity index (χ4n) is 4.05. The second-order valence-corrected chi connectivity index (χ2v) is 8.55. The van der Waals surface area contributed by atoms with E-state index in [2.05, 4.69) is 9.97 Å². The van der Waals surface area contributed by atoms with E-state index in [1.54, 1.807) is 13.8 Å². The van der Waals surface area contributed by atoms with Crippen molar-refractivity contribution in [3.05, 3.63) is 58.5 Å². The predicted octanol–water partition coefficient (Wildman–Crippen LogP) is 4.49. The molecule has 162 valence electrons. The standard InChI is InChI=1S/C23H26ClN5O2/c1-14-21(31-15(2)26-14)22(30)29-10-6-8-17(13-29)20-19(12-25-23(27-20)28(3)4)16-7-5-9-18(24)11-16/h5,7,9,11-12,17H,6,8,10,13H2,1-4H3. The van der Waals surface area contributed by atoms with Crippen molar-refractivity contribution in [3.63, 3.8) is 0 Å². The second-order valence-electron chi connectivity index (χ2n) is 8.11. The van der Waals surface area contributed by atoms with E-state index in [0.29, 0.717) is 41.4 Å². The number of aryl methyl sites for hydroxylation is 2. The lowest BCUT2D eigenvalue weighted by Crippen LogP contribution is -2.39. The lowest BCUT2D eigenvalue weighted by atomic mass is 9.89. The number of nitrogens with zero attached hydrogens (tertiary/aromatic N) is 5. The Morgan fingerprint density at radius 3 is 2.74 bits per heavy atom. The molecule has 0 bridgehead atoms. The zero-order chi connectivity index (χ0) is 22.1. The maximum Gasteiger partial charge on any atom is 0.291 e. The Morgan fingerprint density at radius 1 is 1.26 bits per heavy atom. The van der Waals surface area contributed by atoms with Gasteiger partial charge in [0.2, 0.25) is 11.7 Å². The van der Waals surface area contributed by atoms with E-state index in [9.17, 15) is 4.79 Å². The molecule has 0 spiro atoms. The fraction of sp³-hybridized carbons (Fsp3) is 0.391. The first kappa shape index (κ1) is 21.3. The smallest absolute Gasteiger partial charge is 0.291 e. The summed E-state index contributed by atoms with van der Waals surface area (Å²) in [5.74, 6) is 1.44. The quantitative estimate of drug-likeness (QED) is 0.596. The van der Waals surface area contributed by atoms with E-state index in [1.807, 2.05) is 54.4 Å². The van der Waals surface area contributed by atoms with E-state index in [4.69, 9.17) is 21.0 Å². The van der Waals surface area contributed by atoms with Gasteiger partial charge in [0.05, 0.1) is 11.4 Å². The molecule has 3 heterocycles. The SMILES string of the molecule is Cc1nc(C)c(C(=O)N2CCCC(c3nc(N(C)C)ncc3-c3cccc(Cl)c3)C2)o1. The summed E-state index contributed by atoms with van der Waals surface area (Å²) >= 11 is 6.25. The summed E-state index contributed by atoms with van der Waals surface area (Å²) in [5, 5.41) is 0.664. The van der Waals surface area contributed by atoms with Gasteiger partial charge in [-0.15, -0.1) is 0 Å². The molecule has 2 aromatic heterocycles. The summed E-state index contributed by atoms with van der Waals surface area (Å²) in [7, 11) is 3.84. The number of carbonyl (C=O) groups excluding carboxylic acids is 1. The summed E-state index contributed by atoms with van der Waals surface area (Å²) in [6.45, 7) is 4.81. The van der Waals surface area contributed by atoms with Crippen LogP contribution in [0.3, 0.4) is 0 Å². The van der Waals surface area contributed by atoms with E-state index in [0.717, 1.165) is 29.7 Å². The summed E-state index contributed by atoms with van der Waals surface area (Å²) < 4.78 is 5.58. The highest BCUT2D eigenvalue weighted by Crippen LogP contribution is 2.35. The van der Waals surface area contributed by atoms with Crippen molar-refractivity contribution < 1.29 is 9.21 Å². The van der Waals surface area contributed by atoms with Crippen molar-refractivity contribution in [1.82, 2.24) is 19.9 Å². The van der Waals surface area contributed by atoms with Gasteiger partial charge >= 0.3 is 0 Å². The number of piperidine rings is 1. The van der Waals surface area contributed by atoms with Crippen LogP contribution >= 0.6 is 11.6 Å². The van der Waals surface area contributed by atoms with E-state index < -0.39 is 0 Å². The average Bonchev–Trinajstić information content (AvgIpc) is 3.10. The molecular formula is C23H26ClN5O2. The molecule has 1 atom stereocenters. The molecule has 0 radical (unpaired) electrons. The first-order valence-corrected chi connectivity index (χ1v) is 10.7. The van der Waals surface area contributed by atoms with Crippen molar-refractivity contribution in [2.75, 3.05) is 32.1 Å². The molecule has 1 aliphatic rings. The predicted molar refractivity (Wildman–Crippen MR) is 121 cm³/mol. The molecule has 3 aromatic rings. The van der Waals surface area contributed by atoms with E-state index in [1.165, 1.54) is 0 Å². The Labute approximate surface area is 187 Å². The zero-order valence-corrected chi connectivity index (χ0v) is 19.0. The maximum absolute atomic E-state index is 13.1. The van der Waals surface area contributed by atoms with Crippen LogP contribution in [0.4, 0.5) is 5.95 Å². The van der Waals surface area contributed by atoms with Gasteiger partial charge in [-0.25, -0.2) is 15.0 Å². The number of aromatic nitrogens is 3. The molecule has 1 amide bonds. The Bertz CT molecular complexity index is 1110. The monoisotopic (exact) mass is 439 g/mol. The Hall–Kier alpha value is -2.93. The highest BCUT2D eigenvalue weighted by molar-refractivity contribution is 6.30. The third-order valence-electron chi connectivity index (χ3n) is 5.53. The molecule has 0 N–H and O–H groups in total. The van der Waals surface area contributed by atoms with Crippen LogP contribution in [0.1, 0.15) is 46.6 Å². The highest BCUT2D eigenvalue weighted by atomic mass is 35.5. The van der Waals surface area contributed by atoms with Crippen molar-refractivity contribution in [1.29, 1.82) is 0 Å². The van der Waals surface area contributed by atoms with Gasteiger partial charge in [-0.05, 0) is 37.5 Å². The molecule has 7 nitrogen and oxygen atoms in total. The number of hydrogen-bond donors (Lipinski definition) is 0. The third-order valence-corrected chi connectivity index (χ3v) is 5.77. The molecule has 1 fully saturated rings. The normalized spacial score (nSPS) is 16.4. The topological polar surface area (TPSA) is 75.4 Å². The van der Waals surface area contributed by atoms with Crippen LogP contribution in [0.2, 0.25) is 5.02 Å². The number of halogens is 1. The van der Waals surface area contributed by atoms with Gasteiger partial charge in [0.15, 0.2) is 5.89 Å². The van der Waals surface area contributed by atoms with Gasteiger partial charge in [0, 0.05) is 56.8 Å². The molecule has 4 rings (SSSR count). The molecule has 0 aliphatic carbocycles. The maximum atomic E-state index is 13.1. The molecular weight excluding hydrogens is 414 g/mol. The van der Waals surface area contributed by atoms with Crippen LogP contribution in [0.5, 0.6) is 0 Å². The summed E-state index contributed by atoms with van der Waals surface area (Å²) in [5.41, 5.74) is 3.47. The van der Waals surface area contributed by atoms with Crippen LogP contribution in [0, 0.1) is 13.8 Å². The number of oxazole rings is 1. The molecule has 1 unspecified atom stereocenters. The number of amides is 1. The number of likely N-dealkylation sites (tertiary alicyclic amines) is 1. The van der Waals surface area contributed by atoms with Crippen LogP contribution < -0.4 is 4.90 Å². The minimum Gasteiger partial charge on any atom is -0.436 e. The average molecular weight is 440 g/mol. The molecule has 31 heavy (non-hydrogen) atoms. The Morgan fingerprint density at radius 2 is 2.06 bits per heavy atom. The largest absolute Gasteiger partial charge is 0.436 e. The van der Waals surface area contributed by atoms with Crippen LogP contribution in [0.15, 0.2) is 34.9 Å². The van der Waals surface area contributed by atoms with E-state index in [-0.39, 0.29) is 11.8 Å². The first-order chi connectivity index (χ1) is 14.8. The van der Waals surface area contributed by atoms with Crippen LogP contribution in [-0.4, -0.2) is 52.9 Å². The number of benzene rings is 1. The molecule has 1 saturated heterocycles. The zero-order valence-electron chi connectivity index (χ0n) is 18.2. The van der Waals surface area contributed by atoms with Crippen molar-refractivity contribution in [2.24, 2.45) is 0 Å². The van der Waals surface area contributed by atoms with Gasteiger partial charge in [-0.3, -0.25) is 4.79 Å². The number of hydrogen-bond acceptors (Lipinski definition) is 6. The molecule has 0 saturated carbocycles. The number of anilines is 1. The lowest BCUT2D eigenvalue weighted by molar-refractivity contribution is 0.0671. The Balaban J connectivity index is 1.69. The third kappa shape index (κ3) is 4.42. The fourth-order valence-corrected chi connectivity index (χ4v) is 4.24. The summed E-state index contributed by atoms with van der Waals surface area (Å²) in [6.07, 6.45) is 3.68. The molecule has 1 aliphatic heterocycles. The van der Waals surface area contributed by atoms with Gasteiger partial charge in [0.1, 0.15) is 0 Å². The van der Waals surface area contributed by atoms with Gasteiger partial charge in [-0.2, -0.15) is 0 Å². The van der Waals surface area contributed by atoms with Crippen molar-refractivity contribution >= 4 is 23.5 Å². The summed E-state index contributed by atoms with van der Waals surface area (Å²) in [6, 6.07) is 7.71. The first-order valence-electron chi connectivity index (χ1n) is 10.4. The lowest BCUT2D eigenvalue weighted by Gasteiger charge is -2.33. The Kier molecular flexibility index (Phi) is 5.96. The van der Waals surface area contributed by atoms with Crippen molar-refractivity contribution in [2.45, 2.75) is 32.6 Å². The minimum absolute atomic E-state index is 0.0812. The van der Waals surface area contributed by atoms with Crippen LogP contribution in [-0.2, 0) is 0 Å².